The first-order valence-corrected chi connectivity index (χ1v) is 5.41. The van der Waals surface area contributed by atoms with Crippen LogP contribution in [0.25, 0.3) is 0 Å². The Morgan fingerprint density at radius 2 is 2.00 bits per heavy atom. The van der Waals surface area contributed by atoms with Gasteiger partial charge < -0.3 is 11.1 Å². The Morgan fingerprint density at radius 3 is 2.50 bits per heavy atom. The fourth-order valence-corrected chi connectivity index (χ4v) is 1.24. The predicted octanol–water partition coefficient (Wildman–Crippen LogP) is 2.99. The summed E-state index contributed by atoms with van der Waals surface area (Å²) < 4.78 is 0. The number of nitrogens with one attached hydrogen (secondary N) is 1. The molecular formula is C13H19N3. The molecule has 0 fully saturated rings. The molecule has 0 saturated carbocycles. The number of para-hydroxylation sites is 1. The highest BCUT2D eigenvalue weighted by atomic mass is 14.9. The van der Waals surface area contributed by atoms with Gasteiger partial charge in [-0.05, 0) is 24.5 Å². The minimum atomic E-state index is 0.148. The van der Waals surface area contributed by atoms with Crippen molar-refractivity contribution >= 4 is 11.4 Å². The minimum Gasteiger partial charge on any atom is -0.396 e. The van der Waals surface area contributed by atoms with Crippen LogP contribution in [0.15, 0.2) is 18.2 Å². The molecule has 1 aromatic rings. The molecule has 3 nitrogen and oxygen atoms in total. The molecule has 0 heterocycles. The van der Waals surface area contributed by atoms with Gasteiger partial charge in [-0.1, -0.05) is 26.8 Å². The van der Waals surface area contributed by atoms with Gasteiger partial charge in [0.15, 0.2) is 0 Å². The van der Waals surface area contributed by atoms with E-state index in [0.717, 1.165) is 5.69 Å². The third kappa shape index (κ3) is 2.66. The molecule has 0 radical (unpaired) electrons. The summed E-state index contributed by atoms with van der Waals surface area (Å²) in [6.07, 6.45) is 0. The van der Waals surface area contributed by atoms with E-state index in [2.05, 4.69) is 39.1 Å². The van der Waals surface area contributed by atoms with E-state index in [1.807, 2.05) is 12.1 Å². The van der Waals surface area contributed by atoms with Gasteiger partial charge >= 0.3 is 0 Å². The van der Waals surface area contributed by atoms with Gasteiger partial charge in [0.25, 0.3) is 0 Å². The molecule has 0 aliphatic heterocycles. The normalized spacial score (nSPS) is 12.9. The largest absolute Gasteiger partial charge is 0.396 e. The molecular weight excluding hydrogens is 198 g/mol. The molecule has 0 amide bonds. The van der Waals surface area contributed by atoms with Crippen molar-refractivity contribution in [2.24, 2.45) is 5.41 Å². The number of rotatable bonds is 2. The number of nitrogen functional groups attached to an aromatic ring is 1. The summed E-state index contributed by atoms with van der Waals surface area (Å²) in [5.41, 5.74) is 7.93. The second-order valence-corrected chi connectivity index (χ2v) is 5.11. The highest BCUT2D eigenvalue weighted by Crippen LogP contribution is 2.27. The highest BCUT2D eigenvalue weighted by molar-refractivity contribution is 5.73. The fraction of sp³-hybridized carbons (Fsp3) is 0.462. The Morgan fingerprint density at radius 1 is 1.38 bits per heavy atom. The molecule has 3 N–H and O–H groups in total. The molecule has 0 bridgehead atoms. The van der Waals surface area contributed by atoms with Crippen LogP contribution in [-0.2, 0) is 0 Å². The molecule has 0 aliphatic carbocycles. The highest BCUT2D eigenvalue weighted by Gasteiger charge is 2.20. The van der Waals surface area contributed by atoms with E-state index >= 15 is 0 Å². The first kappa shape index (κ1) is 12.4. The molecule has 0 saturated heterocycles. The maximum absolute atomic E-state index is 8.88. The van der Waals surface area contributed by atoms with Crippen molar-refractivity contribution in [3.8, 4) is 6.07 Å². The SMILES string of the molecule is CC(Nc1cccc(C#N)c1N)C(C)(C)C. The summed E-state index contributed by atoms with van der Waals surface area (Å²) in [7, 11) is 0. The molecule has 3 heteroatoms. The monoisotopic (exact) mass is 217 g/mol. The molecule has 16 heavy (non-hydrogen) atoms. The lowest BCUT2D eigenvalue weighted by Gasteiger charge is -2.29. The molecule has 1 rings (SSSR count). The van der Waals surface area contributed by atoms with Gasteiger partial charge in [-0.2, -0.15) is 5.26 Å². The Hall–Kier alpha value is -1.69. The van der Waals surface area contributed by atoms with E-state index in [1.165, 1.54) is 0 Å². The first-order chi connectivity index (χ1) is 7.36. The lowest BCUT2D eigenvalue weighted by Crippen LogP contribution is -2.31. The van der Waals surface area contributed by atoms with Crippen molar-refractivity contribution < 1.29 is 0 Å². The number of hydrogen-bond donors (Lipinski definition) is 2. The van der Waals surface area contributed by atoms with Gasteiger partial charge in [-0.15, -0.1) is 0 Å². The standard InChI is InChI=1S/C13H19N3/c1-9(13(2,3)4)16-11-7-5-6-10(8-14)12(11)15/h5-7,9,16H,15H2,1-4H3. The topological polar surface area (TPSA) is 61.8 Å². The zero-order chi connectivity index (χ0) is 12.3. The molecule has 1 atom stereocenters. The molecule has 0 spiro atoms. The second kappa shape index (κ2) is 4.44. The Balaban J connectivity index is 2.95. The Bertz CT molecular complexity index is 410. The fourth-order valence-electron chi connectivity index (χ4n) is 1.24. The van der Waals surface area contributed by atoms with E-state index in [4.69, 9.17) is 11.0 Å². The minimum absolute atomic E-state index is 0.148. The Labute approximate surface area is 97.3 Å². The van der Waals surface area contributed by atoms with E-state index in [1.54, 1.807) is 6.07 Å². The van der Waals surface area contributed by atoms with Crippen LogP contribution in [0.3, 0.4) is 0 Å². The summed E-state index contributed by atoms with van der Waals surface area (Å²) in [5.74, 6) is 0. The van der Waals surface area contributed by atoms with Gasteiger partial charge in [0.2, 0.25) is 0 Å². The lowest BCUT2D eigenvalue weighted by atomic mass is 9.88. The molecule has 0 aliphatic rings. The second-order valence-electron chi connectivity index (χ2n) is 5.11. The molecule has 1 unspecified atom stereocenters. The van der Waals surface area contributed by atoms with Gasteiger partial charge in [0, 0.05) is 6.04 Å². The van der Waals surface area contributed by atoms with Crippen molar-refractivity contribution in [2.45, 2.75) is 33.7 Å². The van der Waals surface area contributed by atoms with Crippen molar-refractivity contribution in [1.82, 2.24) is 0 Å². The quantitative estimate of drug-likeness (QED) is 0.748. The van der Waals surface area contributed by atoms with Crippen LogP contribution in [-0.4, -0.2) is 6.04 Å². The molecule has 1 aromatic carbocycles. The van der Waals surface area contributed by atoms with Crippen LogP contribution in [0, 0.1) is 16.7 Å². The van der Waals surface area contributed by atoms with Crippen molar-refractivity contribution in [3.05, 3.63) is 23.8 Å². The zero-order valence-corrected chi connectivity index (χ0v) is 10.3. The number of anilines is 2. The van der Waals surface area contributed by atoms with Gasteiger partial charge in [-0.25, -0.2) is 0 Å². The van der Waals surface area contributed by atoms with Gasteiger partial charge in [0.1, 0.15) is 6.07 Å². The average Bonchev–Trinajstić information content (AvgIpc) is 2.19. The van der Waals surface area contributed by atoms with Crippen molar-refractivity contribution in [2.75, 3.05) is 11.1 Å². The van der Waals surface area contributed by atoms with Crippen LogP contribution in [0.1, 0.15) is 33.3 Å². The summed E-state index contributed by atoms with van der Waals surface area (Å²) in [5, 5.41) is 12.2. The smallest absolute Gasteiger partial charge is 0.101 e. The van der Waals surface area contributed by atoms with E-state index in [0.29, 0.717) is 11.3 Å². The van der Waals surface area contributed by atoms with Crippen LogP contribution >= 0.6 is 0 Å². The molecule has 86 valence electrons. The van der Waals surface area contributed by atoms with Crippen LogP contribution in [0.2, 0.25) is 0 Å². The Kier molecular flexibility index (Phi) is 3.44. The summed E-state index contributed by atoms with van der Waals surface area (Å²) >= 11 is 0. The lowest BCUT2D eigenvalue weighted by molar-refractivity contribution is 0.359. The maximum Gasteiger partial charge on any atom is 0.101 e. The number of nitrogens with zero attached hydrogens (tertiary/aromatic N) is 1. The third-order valence-electron chi connectivity index (χ3n) is 2.90. The van der Waals surface area contributed by atoms with E-state index in [9.17, 15) is 0 Å². The van der Waals surface area contributed by atoms with E-state index < -0.39 is 0 Å². The van der Waals surface area contributed by atoms with Crippen LogP contribution in [0.4, 0.5) is 11.4 Å². The summed E-state index contributed by atoms with van der Waals surface area (Å²) in [6, 6.07) is 7.83. The number of benzene rings is 1. The van der Waals surface area contributed by atoms with E-state index in [-0.39, 0.29) is 11.5 Å². The van der Waals surface area contributed by atoms with Crippen molar-refractivity contribution in [3.63, 3.8) is 0 Å². The third-order valence-corrected chi connectivity index (χ3v) is 2.90. The van der Waals surface area contributed by atoms with Crippen molar-refractivity contribution in [1.29, 1.82) is 5.26 Å². The predicted molar refractivity (Wildman–Crippen MR) is 68.1 cm³/mol. The number of hydrogen-bond acceptors (Lipinski definition) is 3. The first-order valence-electron chi connectivity index (χ1n) is 5.41. The van der Waals surface area contributed by atoms with Gasteiger partial charge in [-0.3, -0.25) is 0 Å². The van der Waals surface area contributed by atoms with Crippen LogP contribution < -0.4 is 11.1 Å². The zero-order valence-electron chi connectivity index (χ0n) is 10.3. The number of nitrogens with two attached hydrogens (primary N) is 1. The average molecular weight is 217 g/mol. The van der Waals surface area contributed by atoms with Crippen LogP contribution in [0.5, 0.6) is 0 Å². The molecule has 0 aromatic heterocycles. The van der Waals surface area contributed by atoms with Gasteiger partial charge in [0.05, 0.1) is 16.9 Å². The maximum atomic E-state index is 8.88. The summed E-state index contributed by atoms with van der Waals surface area (Å²) in [4.78, 5) is 0. The number of nitriles is 1. The summed E-state index contributed by atoms with van der Waals surface area (Å²) in [6.45, 7) is 8.59.